The van der Waals surface area contributed by atoms with E-state index in [1.165, 1.54) is 0 Å². The number of amides is 1. The second-order valence-corrected chi connectivity index (χ2v) is 7.90. The minimum Gasteiger partial charge on any atom is -0.464 e. The van der Waals surface area contributed by atoms with Gasteiger partial charge < -0.3 is 24.5 Å². The molecule has 0 radical (unpaired) electrons. The van der Waals surface area contributed by atoms with Gasteiger partial charge in [-0.2, -0.15) is 0 Å². The fourth-order valence-corrected chi connectivity index (χ4v) is 4.51. The predicted octanol–water partition coefficient (Wildman–Crippen LogP) is 2.21. The highest BCUT2D eigenvalue weighted by atomic mass is 16.5. The lowest BCUT2D eigenvalue weighted by Crippen LogP contribution is -2.50. The quantitative estimate of drug-likeness (QED) is 0.701. The van der Waals surface area contributed by atoms with Gasteiger partial charge in [0.2, 0.25) is 5.91 Å². The minimum atomic E-state index is -1.63. The van der Waals surface area contributed by atoms with Gasteiger partial charge in [-0.1, -0.05) is 18.2 Å². The van der Waals surface area contributed by atoms with Crippen LogP contribution in [0.25, 0.3) is 11.0 Å². The van der Waals surface area contributed by atoms with E-state index in [1.54, 1.807) is 6.26 Å². The highest BCUT2D eigenvalue weighted by Crippen LogP contribution is 2.41. The third kappa shape index (κ3) is 3.90. The lowest BCUT2D eigenvalue weighted by Gasteiger charge is -2.36. The smallest absolute Gasteiger partial charge is 0.464 e. The first kappa shape index (κ1) is 18.5. The second kappa shape index (κ2) is 7.66. The van der Waals surface area contributed by atoms with E-state index in [9.17, 15) is 14.8 Å². The van der Waals surface area contributed by atoms with Crippen molar-refractivity contribution in [1.29, 1.82) is 0 Å². The first-order valence-corrected chi connectivity index (χ1v) is 9.82. The monoisotopic (exact) mass is 371 g/mol. The molecule has 27 heavy (non-hydrogen) atoms. The number of carbonyl (C=O) groups is 1. The van der Waals surface area contributed by atoms with Crippen molar-refractivity contribution < 1.29 is 24.0 Å². The number of hydrogen-bond donors (Lipinski definition) is 3. The maximum absolute atomic E-state index is 12.7. The molecule has 1 saturated heterocycles. The maximum atomic E-state index is 12.7. The SMILES string of the molecule is O=C(N[C@@H](Cc1coc2ccccc12)B(O)O)C1CCC2(CCCO2)CC1. The highest BCUT2D eigenvalue weighted by Gasteiger charge is 2.41. The van der Waals surface area contributed by atoms with E-state index in [2.05, 4.69) is 5.32 Å². The van der Waals surface area contributed by atoms with Crippen LogP contribution in [0.1, 0.15) is 44.1 Å². The number of ether oxygens (including phenoxy) is 1. The molecule has 7 heteroatoms. The molecular formula is C20H26BNO5. The molecule has 4 rings (SSSR count). The van der Waals surface area contributed by atoms with Gasteiger partial charge in [0.25, 0.3) is 0 Å². The Labute approximate surface area is 159 Å². The van der Waals surface area contributed by atoms with Crippen LogP contribution in [0.4, 0.5) is 0 Å². The molecular weight excluding hydrogens is 345 g/mol. The second-order valence-electron chi connectivity index (χ2n) is 7.90. The van der Waals surface area contributed by atoms with Gasteiger partial charge in [-0.25, -0.2) is 0 Å². The van der Waals surface area contributed by atoms with E-state index in [1.807, 2.05) is 24.3 Å². The van der Waals surface area contributed by atoms with E-state index in [4.69, 9.17) is 9.15 Å². The third-order valence-electron chi connectivity index (χ3n) is 6.14. The fraction of sp³-hybridized carbons (Fsp3) is 0.550. The zero-order chi connectivity index (χ0) is 18.9. The fourth-order valence-electron chi connectivity index (χ4n) is 4.51. The van der Waals surface area contributed by atoms with Gasteiger partial charge in [-0.15, -0.1) is 0 Å². The number of carbonyl (C=O) groups excluding carboxylic acids is 1. The summed E-state index contributed by atoms with van der Waals surface area (Å²) in [5.41, 5.74) is 1.59. The molecule has 2 aromatic rings. The van der Waals surface area contributed by atoms with Gasteiger partial charge in [0.05, 0.1) is 17.8 Å². The van der Waals surface area contributed by atoms with Gasteiger partial charge in [0.15, 0.2) is 0 Å². The third-order valence-corrected chi connectivity index (χ3v) is 6.14. The summed E-state index contributed by atoms with van der Waals surface area (Å²) in [6.45, 7) is 0.828. The molecule has 6 nitrogen and oxygen atoms in total. The molecule has 0 unspecified atom stereocenters. The Bertz CT molecular complexity index is 789. The number of para-hydroxylation sites is 1. The van der Waals surface area contributed by atoms with Crippen molar-refractivity contribution in [2.75, 3.05) is 6.61 Å². The van der Waals surface area contributed by atoms with E-state index >= 15 is 0 Å². The van der Waals surface area contributed by atoms with E-state index < -0.39 is 13.1 Å². The Morgan fingerprint density at radius 1 is 1.26 bits per heavy atom. The lowest BCUT2D eigenvalue weighted by molar-refractivity contribution is -0.128. The van der Waals surface area contributed by atoms with Crippen molar-refractivity contribution in [2.45, 2.75) is 56.5 Å². The Kier molecular flexibility index (Phi) is 5.26. The Morgan fingerprint density at radius 3 is 2.74 bits per heavy atom. The summed E-state index contributed by atoms with van der Waals surface area (Å²) in [4.78, 5) is 12.7. The molecule has 2 heterocycles. The first-order valence-electron chi connectivity index (χ1n) is 9.82. The maximum Gasteiger partial charge on any atom is 0.475 e. The van der Waals surface area contributed by atoms with Crippen LogP contribution >= 0.6 is 0 Å². The van der Waals surface area contributed by atoms with Gasteiger partial charge in [0.1, 0.15) is 5.58 Å². The molecule has 1 amide bonds. The summed E-state index contributed by atoms with van der Waals surface area (Å²) in [5, 5.41) is 23.3. The highest BCUT2D eigenvalue weighted by molar-refractivity contribution is 6.43. The Hall–Kier alpha value is -1.83. The van der Waals surface area contributed by atoms with Crippen LogP contribution in [-0.4, -0.2) is 41.2 Å². The van der Waals surface area contributed by atoms with Crippen molar-refractivity contribution in [3.05, 3.63) is 36.1 Å². The zero-order valence-corrected chi connectivity index (χ0v) is 15.4. The number of fused-ring (bicyclic) bond motifs is 1. The molecule has 1 aromatic heterocycles. The standard InChI is InChI=1S/C20H26BNO5/c23-19(14-6-9-20(10-7-14)8-3-11-27-20)22-18(21(24)25)12-15-13-26-17-5-2-1-4-16(15)17/h1-2,4-5,13-14,18,24-25H,3,6-12H2,(H,22,23)/t14?,18-,20?/m0/s1. The number of furan rings is 1. The molecule has 1 aliphatic heterocycles. The van der Waals surface area contributed by atoms with Gasteiger partial charge >= 0.3 is 7.12 Å². The van der Waals surface area contributed by atoms with Crippen LogP contribution in [0.15, 0.2) is 34.9 Å². The Balaban J connectivity index is 1.39. The molecule has 2 fully saturated rings. The number of nitrogens with one attached hydrogen (secondary N) is 1. The zero-order valence-electron chi connectivity index (χ0n) is 15.4. The average Bonchev–Trinajstić information content (AvgIpc) is 3.29. The average molecular weight is 371 g/mol. The number of hydrogen-bond acceptors (Lipinski definition) is 5. The summed E-state index contributed by atoms with van der Waals surface area (Å²) in [7, 11) is -1.63. The predicted molar refractivity (Wildman–Crippen MR) is 102 cm³/mol. The van der Waals surface area contributed by atoms with Crippen molar-refractivity contribution in [1.82, 2.24) is 5.32 Å². The summed E-state index contributed by atoms with van der Waals surface area (Å²) < 4.78 is 11.4. The topological polar surface area (TPSA) is 91.9 Å². The Morgan fingerprint density at radius 2 is 2.04 bits per heavy atom. The molecule has 1 aliphatic carbocycles. The van der Waals surface area contributed by atoms with Crippen molar-refractivity contribution in [2.24, 2.45) is 5.92 Å². The van der Waals surface area contributed by atoms with Crippen LogP contribution < -0.4 is 5.32 Å². The summed E-state index contributed by atoms with van der Waals surface area (Å²) in [6.07, 6.45) is 7.51. The number of benzene rings is 1. The molecule has 0 bridgehead atoms. The van der Waals surface area contributed by atoms with Gasteiger partial charge in [-0.3, -0.25) is 4.79 Å². The van der Waals surface area contributed by atoms with Crippen LogP contribution in [0.2, 0.25) is 0 Å². The minimum absolute atomic E-state index is 0.0115. The normalized spacial score (nSPS) is 26.4. The van der Waals surface area contributed by atoms with E-state index in [0.29, 0.717) is 6.42 Å². The van der Waals surface area contributed by atoms with Crippen LogP contribution in [-0.2, 0) is 16.0 Å². The van der Waals surface area contributed by atoms with Gasteiger partial charge in [0, 0.05) is 17.9 Å². The van der Waals surface area contributed by atoms with E-state index in [0.717, 1.165) is 61.7 Å². The molecule has 1 aromatic carbocycles. The van der Waals surface area contributed by atoms with Crippen molar-refractivity contribution in [3.63, 3.8) is 0 Å². The van der Waals surface area contributed by atoms with Crippen molar-refractivity contribution >= 4 is 24.0 Å². The van der Waals surface area contributed by atoms with Crippen LogP contribution in [0, 0.1) is 5.92 Å². The van der Waals surface area contributed by atoms with Crippen LogP contribution in [0.5, 0.6) is 0 Å². The lowest BCUT2D eigenvalue weighted by atomic mass is 9.74. The summed E-state index contributed by atoms with van der Waals surface area (Å²) in [5.74, 6) is -0.965. The molecule has 1 atom stereocenters. The molecule has 144 valence electrons. The molecule has 3 N–H and O–H groups in total. The largest absolute Gasteiger partial charge is 0.475 e. The van der Waals surface area contributed by atoms with Crippen molar-refractivity contribution in [3.8, 4) is 0 Å². The molecule has 1 saturated carbocycles. The molecule has 2 aliphatic rings. The molecule has 1 spiro atoms. The van der Waals surface area contributed by atoms with Gasteiger partial charge in [-0.05, 0) is 56.6 Å². The first-order chi connectivity index (χ1) is 13.1. The van der Waals surface area contributed by atoms with E-state index in [-0.39, 0.29) is 17.4 Å². The summed E-state index contributed by atoms with van der Waals surface area (Å²) in [6, 6.07) is 7.59. The van der Waals surface area contributed by atoms with Crippen LogP contribution in [0.3, 0.4) is 0 Å². The summed E-state index contributed by atoms with van der Waals surface area (Å²) >= 11 is 0. The number of rotatable bonds is 5.